The van der Waals surface area contributed by atoms with Gasteiger partial charge >= 0.3 is 0 Å². The standard InChI is InChI=1S/C13H19NO4S/c1-18-9-10(15)8-14-12-6-7-19(16,17)13-5-3-2-4-11(12)13/h2-5,10,12,14-15H,6-9H2,1H3. The highest BCUT2D eigenvalue weighted by Crippen LogP contribution is 2.31. The number of rotatable bonds is 5. The van der Waals surface area contributed by atoms with Gasteiger partial charge in [0.2, 0.25) is 0 Å². The van der Waals surface area contributed by atoms with Crippen LogP contribution >= 0.6 is 0 Å². The molecule has 0 amide bonds. The molecule has 1 aromatic rings. The molecule has 1 aromatic carbocycles. The topological polar surface area (TPSA) is 75.6 Å². The Morgan fingerprint density at radius 2 is 2.21 bits per heavy atom. The Morgan fingerprint density at radius 3 is 2.95 bits per heavy atom. The molecule has 1 aliphatic rings. The van der Waals surface area contributed by atoms with Crippen LogP contribution in [0.4, 0.5) is 0 Å². The molecule has 2 atom stereocenters. The molecule has 106 valence electrons. The highest BCUT2D eigenvalue weighted by Gasteiger charge is 2.29. The van der Waals surface area contributed by atoms with E-state index in [0.717, 1.165) is 5.56 Å². The minimum atomic E-state index is -3.15. The molecule has 1 aliphatic heterocycles. The predicted octanol–water partition coefficient (Wildman–Crippen LogP) is 0.502. The summed E-state index contributed by atoms with van der Waals surface area (Å²) in [6, 6.07) is 7.00. The van der Waals surface area contributed by atoms with Gasteiger partial charge in [-0.25, -0.2) is 8.42 Å². The van der Waals surface area contributed by atoms with E-state index in [1.807, 2.05) is 12.1 Å². The van der Waals surface area contributed by atoms with Gasteiger partial charge in [-0.1, -0.05) is 18.2 Å². The number of aliphatic hydroxyl groups excluding tert-OH is 1. The van der Waals surface area contributed by atoms with Crippen molar-refractivity contribution in [1.82, 2.24) is 5.32 Å². The number of ether oxygens (including phenoxy) is 1. The molecule has 2 N–H and O–H groups in total. The largest absolute Gasteiger partial charge is 0.389 e. The minimum absolute atomic E-state index is 0.0359. The zero-order valence-corrected chi connectivity index (χ0v) is 11.7. The maximum atomic E-state index is 12.0. The van der Waals surface area contributed by atoms with Crippen molar-refractivity contribution < 1.29 is 18.3 Å². The number of sulfone groups is 1. The van der Waals surface area contributed by atoms with Crippen LogP contribution in [0.1, 0.15) is 18.0 Å². The Balaban J connectivity index is 2.12. The van der Waals surface area contributed by atoms with Crippen molar-refractivity contribution in [2.24, 2.45) is 0 Å². The van der Waals surface area contributed by atoms with Gasteiger partial charge < -0.3 is 15.2 Å². The number of hydrogen-bond acceptors (Lipinski definition) is 5. The van der Waals surface area contributed by atoms with Crippen LogP contribution in [0.15, 0.2) is 29.2 Å². The highest BCUT2D eigenvalue weighted by molar-refractivity contribution is 7.91. The van der Waals surface area contributed by atoms with Crippen LogP contribution in [0.25, 0.3) is 0 Å². The average molecular weight is 285 g/mol. The number of benzene rings is 1. The van der Waals surface area contributed by atoms with E-state index >= 15 is 0 Å². The first-order valence-electron chi connectivity index (χ1n) is 6.26. The van der Waals surface area contributed by atoms with Gasteiger partial charge in [0.05, 0.1) is 23.4 Å². The molecule has 0 bridgehead atoms. The van der Waals surface area contributed by atoms with Crippen molar-refractivity contribution in [3.05, 3.63) is 29.8 Å². The Bertz CT molecular complexity index is 529. The van der Waals surface area contributed by atoms with Crippen LogP contribution in [0.5, 0.6) is 0 Å². The van der Waals surface area contributed by atoms with Crippen molar-refractivity contribution in [3.63, 3.8) is 0 Å². The van der Waals surface area contributed by atoms with Gasteiger partial charge in [0.15, 0.2) is 9.84 Å². The summed E-state index contributed by atoms with van der Waals surface area (Å²) < 4.78 is 28.8. The predicted molar refractivity (Wildman–Crippen MR) is 71.7 cm³/mol. The van der Waals surface area contributed by atoms with E-state index in [2.05, 4.69) is 5.32 Å². The quantitative estimate of drug-likeness (QED) is 0.824. The average Bonchev–Trinajstić information content (AvgIpc) is 2.38. The van der Waals surface area contributed by atoms with Crippen molar-refractivity contribution in [2.75, 3.05) is 26.0 Å². The zero-order valence-electron chi connectivity index (χ0n) is 10.9. The fraction of sp³-hybridized carbons (Fsp3) is 0.538. The summed E-state index contributed by atoms with van der Waals surface area (Å²) in [5.41, 5.74) is 0.790. The summed E-state index contributed by atoms with van der Waals surface area (Å²) in [6.45, 7) is 0.645. The Morgan fingerprint density at radius 1 is 1.47 bits per heavy atom. The van der Waals surface area contributed by atoms with Gasteiger partial charge in [-0.3, -0.25) is 0 Å². The number of hydrogen-bond donors (Lipinski definition) is 2. The smallest absolute Gasteiger partial charge is 0.178 e. The Labute approximate surface area is 113 Å². The zero-order chi connectivity index (χ0) is 13.9. The third kappa shape index (κ3) is 3.33. The molecule has 6 heteroatoms. The molecular formula is C13H19NO4S. The third-order valence-corrected chi connectivity index (χ3v) is 5.08. The summed E-state index contributed by atoms with van der Waals surface area (Å²) in [5, 5.41) is 12.8. The first-order valence-corrected chi connectivity index (χ1v) is 7.92. The SMILES string of the molecule is COCC(O)CNC1CCS(=O)(=O)c2ccccc21. The van der Waals surface area contributed by atoms with Crippen LogP contribution in [0.3, 0.4) is 0 Å². The van der Waals surface area contributed by atoms with Crippen molar-refractivity contribution in [2.45, 2.75) is 23.5 Å². The van der Waals surface area contributed by atoms with Gasteiger partial charge in [-0.05, 0) is 18.1 Å². The molecule has 2 unspecified atom stereocenters. The lowest BCUT2D eigenvalue weighted by molar-refractivity contribution is 0.0625. The maximum Gasteiger partial charge on any atom is 0.178 e. The second kappa shape index (κ2) is 6.00. The van der Waals surface area contributed by atoms with E-state index < -0.39 is 15.9 Å². The summed E-state index contributed by atoms with van der Waals surface area (Å²) in [7, 11) is -1.62. The van der Waals surface area contributed by atoms with E-state index in [1.54, 1.807) is 12.1 Å². The molecule has 0 aliphatic carbocycles. The third-order valence-electron chi connectivity index (χ3n) is 3.26. The van der Waals surface area contributed by atoms with Gasteiger partial charge in [0.1, 0.15) is 0 Å². The van der Waals surface area contributed by atoms with Crippen molar-refractivity contribution in [3.8, 4) is 0 Å². The molecule has 1 heterocycles. The first-order chi connectivity index (χ1) is 9.04. The summed E-state index contributed by atoms with van der Waals surface area (Å²) in [5.74, 6) is 0.141. The summed E-state index contributed by atoms with van der Waals surface area (Å²) >= 11 is 0. The summed E-state index contributed by atoms with van der Waals surface area (Å²) in [6.07, 6.45) is -0.0605. The van der Waals surface area contributed by atoms with Gasteiger partial charge in [-0.2, -0.15) is 0 Å². The van der Waals surface area contributed by atoms with Gasteiger partial charge in [0.25, 0.3) is 0 Å². The van der Waals surface area contributed by atoms with Crippen molar-refractivity contribution >= 4 is 9.84 Å². The molecule has 0 radical (unpaired) electrons. The molecule has 0 saturated carbocycles. The van der Waals surface area contributed by atoms with Crippen LogP contribution in [0.2, 0.25) is 0 Å². The van der Waals surface area contributed by atoms with E-state index in [9.17, 15) is 13.5 Å². The monoisotopic (exact) mass is 285 g/mol. The number of methoxy groups -OCH3 is 1. The fourth-order valence-corrected chi connectivity index (χ4v) is 3.95. The second-order valence-corrected chi connectivity index (χ2v) is 6.79. The van der Waals surface area contributed by atoms with Crippen molar-refractivity contribution in [1.29, 1.82) is 0 Å². The lowest BCUT2D eigenvalue weighted by Crippen LogP contribution is -2.36. The van der Waals surface area contributed by atoms with E-state index in [0.29, 0.717) is 17.9 Å². The maximum absolute atomic E-state index is 12.0. The highest BCUT2D eigenvalue weighted by atomic mass is 32.2. The number of nitrogens with one attached hydrogen (secondary N) is 1. The number of aliphatic hydroxyl groups is 1. The van der Waals surface area contributed by atoms with Crippen LogP contribution in [-0.2, 0) is 14.6 Å². The molecule has 0 aromatic heterocycles. The number of fused-ring (bicyclic) bond motifs is 1. The molecular weight excluding hydrogens is 266 g/mol. The van der Waals surface area contributed by atoms with Crippen LogP contribution in [0, 0.1) is 0 Å². The Kier molecular flexibility index (Phi) is 4.57. The summed E-state index contributed by atoms with van der Waals surface area (Å²) in [4.78, 5) is 0.403. The minimum Gasteiger partial charge on any atom is -0.389 e. The lowest BCUT2D eigenvalue weighted by atomic mass is 10.0. The second-order valence-electron chi connectivity index (χ2n) is 4.72. The molecule has 19 heavy (non-hydrogen) atoms. The van der Waals surface area contributed by atoms with Gasteiger partial charge in [0, 0.05) is 19.7 Å². The van der Waals surface area contributed by atoms with Gasteiger partial charge in [-0.15, -0.1) is 0 Å². The van der Waals surface area contributed by atoms with E-state index in [-0.39, 0.29) is 18.4 Å². The molecule has 5 nitrogen and oxygen atoms in total. The fourth-order valence-electron chi connectivity index (χ4n) is 2.33. The molecule has 2 rings (SSSR count). The first kappa shape index (κ1) is 14.5. The van der Waals surface area contributed by atoms with E-state index in [4.69, 9.17) is 4.74 Å². The van der Waals surface area contributed by atoms with E-state index in [1.165, 1.54) is 7.11 Å². The Hall–Kier alpha value is -0.950. The molecule has 0 fully saturated rings. The normalized spacial score (nSPS) is 22.7. The lowest BCUT2D eigenvalue weighted by Gasteiger charge is -2.27. The molecule has 0 saturated heterocycles. The van der Waals surface area contributed by atoms with Crippen LogP contribution < -0.4 is 5.32 Å². The van der Waals surface area contributed by atoms with Crippen LogP contribution in [-0.4, -0.2) is 45.6 Å². The molecule has 0 spiro atoms.